The van der Waals surface area contributed by atoms with Crippen molar-refractivity contribution in [2.24, 2.45) is 5.73 Å². The van der Waals surface area contributed by atoms with Crippen LogP contribution in [0, 0.1) is 0 Å². The van der Waals surface area contributed by atoms with E-state index in [0.717, 1.165) is 13.0 Å². The Morgan fingerprint density at radius 2 is 1.83 bits per heavy atom. The average molecular weight is 268 g/mol. The second-order valence-electron chi connectivity index (χ2n) is 4.24. The van der Waals surface area contributed by atoms with Gasteiger partial charge in [0, 0.05) is 26.2 Å². The molecule has 0 aromatic rings. The Kier molecular flexibility index (Phi) is 5.67. The van der Waals surface area contributed by atoms with Crippen molar-refractivity contribution in [2.45, 2.75) is 12.6 Å². The Bertz CT molecular complexity index is 264. The SMILES string of the molecule is NCCCN1CCN(C(=O)NCC(F)(F)F)CC1. The molecule has 106 valence electrons. The summed E-state index contributed by atoms with van der Waals surface area (Å²) in [6.45, 7) is 2.47. The highest BCUT2D eigenvalue weighted by Gasteiger charge is 2.29. The Labute approximate surface area is 104 Å². The molecule has 1 heterocycles. The number of amides is 2. The van der Waals surface area contributed by atoms with Crippen LogP contribution >= 0.6 is 0 Å². The monoisotopic (exact) mass is 268 g/mol. The van der Waals surface area contributed by atoms with Crippen LogP contribution in [0.1, 0.15) is 6.42 Å². The van der Waals surface area contributed by atoms with Crippen molar-refractivity contribution < 1.29 is 18.0 Å². The van der Waals surface area contributed by atoms with Crippen molar-refractivity contribution in [2.75, 3.05) is 45.8 Å². The summed E-state index contributed by atoms with van der Waals surface area (Å²) in [4.78, 5) is 15.0. The summed E-state index contributed by atoms with van der Waals surface area (Å²) in [6, 6.07) is -0.647. The van der Waals surface area contributed by atoms with E-state index in [4.69, 9.17) is 5.73 Å². The van der Waals surface area contributed by atoms with Crippen LogP contribution in [-0.4, -0.2) is 67.8 Å². The number of carbonyl (C=O) groups excluding carboxylic acids is 1. The highest BCUT2D eigenvalue weighted by molar-refractivity contribution is 5.74. The number of hydrogen-bond acceptors (Lipinski definition) is 3. The van der Waals surface area contributed by atoms with Gasteiger partial charge in [0.2, 0.25) is 0 Å². The van der Waals surface area contributed by atoms with Gasteiger partial charge in [0.25, 0.3) is 0 Å². The van der Waals surface area contributed by atoms with E-state index in [1.807, 2.05) is 5.32 Å². The molecule has 1 aliphatic rings. The van der Waals surface area contributed by atoms with E-state index in [1.54, 1.807) is 0 Å². The molecule has 0 atom stereocenters. The van der Waals surface area contributed by atoms with Crippen LogP contribution < -0.4 is 11.1 Å². The van der Waals surface area contributed by atoms with E-state index in [0.29, 0.717) is 32.7 Å². The third-order valence-corrected chi connectivity index (χ3v) is 2.78. The lowest BCUT2D eigenvalue weighted by Gasteiger charge is -2.34. The number of carbonyl (C=O) groups is 1. The van der Waals surface area contributed by atoms with Gasteiger partial charge in [0.15, 0.2) is 0 Å². The molecule has 0 aliphatic carbocycles. The molecule has 0 aromatic heterocycles. The molecule has 5 nitrogen and oxygen atoms in total. The number of nitrogens with zero attached hydrogens (tertiary/aromatic N) is 2. The Morgan fingerprint density at radius 3 is 2.33 bits per heavy atom. The van der Waals surface area contributed by atoms with Crippen molar-refractivity contribution in [1.82, 2.24) is 15.1 Å². The molecule has 1 aliphatic heterocycles. The molecule has 8 heteroatoms. The smallest absolute Gasteiger partial charge is 0.330 e. The van der Waals surface area contributed by atoms with Crippen LogP contribution in [0.15, 0.2) is 0 Å². The first kappa shape index (κ1) is 15.0. The minimum Gasteiger partial charge on any atom is -0.330 e. The highest BCUT2D eigenvalue weighted by Crippen LogP contribution is 2.12. The molecule has 0 aromatic carbocycles. The standard InChI is InChI=1S/C10H19F3N4O/c11-10(12,13)8-15-9(18)17-6-4-16(5-7-17)3-1-2-14/h1-8,14H2,(H,15,18). The third-order valence-electron chi connectivity index (χ3n) is 2.78. The zero-order valence-corrected chi connectivity index (χ0v) is 10.2. The van der Waals surface area contributed by atoms with Gasteiger partial charge >= 0.3 is 12.2 Å². The van der Waals surface area contributed by atoms with Gasteiger partial charge < -0.3 is 16.0 Å². The summed E-state index contributed by atoms with van der Waals surface area (Å²) in [6.07, 6.45) is -3.47. The molecule has 0 bridgehead atoms. The Balaban J connectivity index is 2.23. The second-order valence-corrected chi connectivity index (χ2v) is 4.24. The summed E-state index contributed by atoms with van der Waals surface area (Å²) < 4.78 is 35.8. The lowest BCUT2D eigenvalue weighted by molar-refractivity contribution is -0.123. The summed E-state index contributed by atoms with van der Waals surface area (Å²) in [7, 11) is 0. The second kappa shape index (κ2) is 6.79. The number of halogens is 3. The first-order chi connectivity index (χ1) is 8.42. The molecule has 0 saturated carbocycles. The van der Waals surface area contributed by atoms with Crippen LogP contribution in [0.3, 0.4) is 0 Å². The maximum Gasteiger partial charge on any atom is 0.405 e. The minimum atomic E-state index is -4.36. The molecule has 0 radical (unpaired) electrons. The predicted molar refractivity (Wildman–Crippen MR) is 61.1 cm³/mol. The van der Waals surface area contributed by atoms with Gasteiger partial charge in [0.05, 0.1) is 0 Å². The van der Waals surface area contributed by atoms with E-state index in [-0.39, 0.29) is 0 Å². The van der Waals surface area contributed by atoms with Crippen LogP contribution in [-0.2, 0) is 0 Å². The van der Waals surface area contributed by atoms with Crippen molar-refractivity contribution in [3.8, 4) is 0 Å². The summed E-state index contributed by atoms with van der Waals surface area (Å²) in [5.74, 6) is 0. The van der Waals surface area contributed by atoms with Crippen LogP contribution in [0.2, 0.25) is 0 Å². The lowest BCUT2D eigenvalue weighted by atomic mass is 10.3. The van der Waals surface area contributed by atoms with E-state index in [9.17, 15) is 18.0 Å². The van der Waals surface area contributed by atoms with Gasteiger partial charge in [-0.2, -0.15) is 13.2 Å². The zero-order valence-electron chi connectivity index (χ0n) is 10.2. The summed E-state index contributed by atoms with van der Waals surface area (Å²) >= 11 is 0. The van der Waals surface area contributed by atoms with Crippen molar-refractivity contribution >= 4 is 6.03 Å². The quantitative estimate of drug-likeness (QED) is 0.767. The van der Waals surface area contributed by atoms with E-state index in [2.05, 4.69) is 4.90 Å². The molecule has 0 spiro atoms. The lowest BCUT2D eigenvalue weighted by Crippen LogP contribution is -2.53. The first-order valence-electron chi connectivity index (χ1n) is 5.94. The topological polar surface area (TPSA) is 61.6 Å². The van der Waals surface area contributed by atoms with E-state index in [1.165, 1.54) is 4.90 Å². The normalized spacial score (nSPS) is 17.9. The Morgan fingerprint density at radius 1 is 1.22 bits per heavy atom. The number of nitrogens with two attached hydrogens (primary N) is 1. The number of nitrogens with one attached hydrogen (secondary N) is 1. The minimum absolute atomic E-state index is 0.453. The summed E-state index contributed by atoms with van der Waals surface area (Å²) in [5, 5.41) is 1.87. The first-order valence-corrected chi connectivity index (χ1v) is 5.94. The van der Waals surface area contributed by atoms with Gasteiger partial charge in [-0.15, -0.1) is 0 Å². The van der Waals surface area contributed by atoms with E-state index >= 15 is 0 Å². The maximum atomic E-state index is 11.9. The van der Waals surface area contributed by atoms with Crippen LogP contribution in [0.25, 0.3) is 0 Å². The number of alkyl halides is 3. The van der Waals surface area contributed by atoms with Crippen LogP contribution in [0.5, 0.6) is 0 Å². The number of piperazine rings is 1. The molecule has 1 rings (SSSR count). The molecular weight excluding hydrogens is 249 g/mol. The Hall–Kier alpha value is -1.02. The number of rotatable bonds is 4. The predicted octanol–water partition coefficient (Wildman–Crippen LogP) is 0.225. The van der Waals surface area contributed by atoms with E-state index < -0.39 is 18.8 Å². The van der Waals surface area contributed by atoms with Gasteiger partial charge in [-0.1, -0.05) is 0 Å². The molecule has 2 amide bonds. The van der Waals surface area contributed by atoms with Gasteiger partial charge in [0.1, 0.15) is 6.54 Å². The molecule has 1 fully saturated rings. The zero-order chi connectivity index (χ0) is 13.6. The third kappa shape index (κ3) is 5.54. The average Bonchev–Trinajstić information content (AvgIpc) is 2.33. The fraction of sp³-hybridized carbons (Fsp3) is 0.900. The van der Waals surface area contributed by atoms with Crippen molar-refractivity contribution in [3.05, 3.63) is 0 Å². The van der Waals surface area contributed by atoms with Crippen molar-refractivity contribution in [1.29, 1.82) is 0 Å². The van der Waals surface area contributed by atoms with Gasteiger partial charge in [-0.3, -0.25) is 4.90 Å². The summed E-state index contributed by atoms with van der Waals surface area (Å²) in [5.41, 5.74) is 5.39. The highest BCUT2D eigenvalue weighted by atomic mass is 19.4. The molecule has 18 heavy (non-hydrogen) atoms. The molecule has 0 unspecified atom stereocenters. The fourth-order valence-corrected chi connectivity index (χ4v) is 1.78. The molecule has 1 saturated heterocycles. The maximum absolute atomic E-state index is 11.9. The largest absolute Gasteiger partial charge is 0.405 e. The van der Waals surface area contributed by atoms with Gasteiger partial charge in [-0.25, -0.2) is 4.79 Å². The molecule has 3 N–H and O–H groups in total. The number of hydrogen-bond donors (Lipinski definition) is 2. The van der Waals surface area contributed by atoms with Gasteiger partial charge in [-0.05, 0) is 19.5 Å². The van der Waals surface area contributed by atoms with Crippen molar-refractivity contribution in [3.63, 3.8) is 0 Å². The number of urea groups is 1. The van der Waals surface area contributed by atoms with Crippen LogP contribution in [0.4, 0.5) is 18.0 Å². The fourth-order valence-electron chi connectivity index (χ4n) is 1.78. The molecular formula is C10H19F3N4O.